The first-order valence-electron chi connectivity index (χ1n) is 6.15. The molecule has 5 nitrogen and oxygen atoms in total. The molecule has 0 aliphatic rings. The van der Waals surface area contributed by atoms with Crippen LogP contribution in [0.25, 0.3) is 0 Å². The second kappa shape index (κ2) is 5.57. The molecule has 2 aromatic rings. The highest BCUT2D eigenvalue weighted by molar-refractivity contribution is 7.87. The Labute approximate surface area is 122 Å². The van der Waals surface area contributed by atoms with Gasteiger partial charge < -0.3 is 9.29 Å². The lowest BCUT2D eigenvalue weighted by Gasteiger charge is -2.11. The van der Waals surface area contributed by atoms with E-state index in [9.17, 15) is 18.3 Å². The summed E-state index contributed by atoms with van der Waals surface area (Å²) in [4.78, 5) is 11.2. The van der Waals surface area contributed by atoms with Gasteiger partial charge in [0.15, 0.2) is 5.75 Å². The first kappa shape index (κ1) is 15.1. The van der Waals surface area contributed by atoms with Gasteiger partial charge in [-0.05, 0) is 37.6 Å². The third kappa shape index (κ3) is 3.22. The van der Waals surface area contributed by atoms with Crippen LogP contribution in [0.5, 0.6) is 5.75 Å². The van der Waals surface area contributed by atoms with Crippen LogP contribution in [0.4, 0.5) is 0 Å². The van der Waals surface area contributed by atoms with Gasteiger partial charge in [0.2, 0.25) is 0 Å². The number of rotatable bonds is 4. The van der Waals surface area contributed by atoms with E-state index in [-0.39, 0.29) is 16.2 Å². The van der Waals surface area contributed by atoms with Crippen molar-refractivity contribution in [2.24, 2.45) is 0 Å². The summed E-state index contributed by atoms with van der Waals surface area (Å²) in [5, 5.41) is 9.18. The number of benzene rings is 2. The number of carboxylic acid groups (broad SMARTS) is 1. The molecule has 0 unspecified atom stereocenters. The summed E-state index contributed by atoms with van der Waals surface area (Å²) in [6.07, 6.45) is 0. The van der Waals surface area contributed by atoms with Crippen LogP contribution in [-0.2, 0) is 10.1 Å². The third-order valence-corrected chi connectivity index (χ3v) is 4.21. The monoisotopic (exact) mass is 306 g/mol. The Hall–Kier alpha value is -2.34. The van der Waals surface area contributed by atoms with Crippen LogP contribution >= 0.6 is 0 Å². The summed E-state index contributed by atoms with van der Waals surface area (Å²) in [6.45, 7) is 3.41. The number of aromatic carboxylic acids is 1. The lowest BCUT2D eigenvalue weighted by Crippen LogP contribution is -2.13. The van der Waals surface area contributed by atoms with Gasteiger partial charge in [0.05, 0.1) is 0 Å². The maximum atomic E-state index is 12.2. The van der Waals surface area contributed by atoms with Crippen LogP contribution < -0.4 is 4.18 Å². The van der Waals surface area contributed by atoms with Crippen molar-refractivity contribution in [1.29, 1.82) is 0 Å². The highest BCUT2D eigenvalue weighted by atomic mass is 32.2. The van der Waals surface area contributed by atoms with E-state index in [0.29, 0.717) is 5.56 Å². The van der Waals surface area contributed by atoms with Crippen LogP contribution in [0, 0.1) is 13.8 Å². The highest BCUT2D eigenvalue weighted by Gasteiger charge is 2.21. The summed E-state index contributed by atoms with van der Waals surface area (Å²) < 4.78 is 29.4. The van der Waals surface area contributed by atoms with Crippen molar-refractivity contribution in [1.82, 2.24) is 0 Å². The smallest absolute Gasteiger partial charge is 0.339 e. The third-order valence-electron chi connectivity index (χ3n) is 2.96. The van der Waals surface area contributed by atoms with E-state index in [1.165, 1.54) is 18.2 Å². The van der Waals surface area contributed by atoms with Gasteiger partial charge in [0.1, 0.15) is 10.5 Å². The van der Waals surface area contributed by atoms with Crippen molar-refractivity contribution in [3.8, 4) is 5.75 Å². The first-order chi connectivity index (χ1) is 9.81. The molecule has 0 heterocycles. The lowest BCUT2D eigenvalue weighted by atomic mass is 10.1. The average Bonchev–Trinajstić information content (AvgIpc) is 2.38. The standard InChI is InChI=1S/C15H14O5S/c1-10-6-8-12(9-7-10)21(18,19)20-13-5-3-4-11(2)14(13)15(16)17/h3-9H,1-2H3,(H,16,17). The van der Waals surface area contributed by atoms with Gasteiger partial charge in [-0.2, -0.15) is 8.42 Å². The maximum Gasteiger partial charge on any atom is 0.339 e. The molecule has 110 valence electrons. The quantitative estimate of drug-likeness (QED) is 0.878. The van der Waals surface area contributed by atoms with E-state index in [1.807, 2.05) is 6.92 Å². The summed E-state index contributed by atoms with van der Waals surface area (Å²) in [7, 11) is -4.07. The molecule has 0 aliphatic carbocycles. The summed E-state index contributed by atoms with van der Waals surface area (Å²) in [6, 6.07) is 10.6. The molecule has 0 aliphatic heterocycles. The largest absolute Gasteiger partial charge is 0.478 e. The Morgan fingerprint density at radius 1 is 1.05 bits per heavy atom. The molecule has 0 spiro atoms. The van der Waals surface area contributed by atoms with E-state index in [2.05, 4.69) is 0 Å². The van der Waals surface area contributed by atoms with E-state index in [1.54, 1.807) is 31.2 Å². The molecule has 0 aromatic heterocycles. The number of hydrogen-bond acceptors (Lipinski definition) is 4. The zero-order valence-electron chi connectivity index (χ0n) is 11.5. The minimum Gasteiger partial charge on any atom is -0.478 e. The zero-order chi connectivity index (χ0) is 15.6. The minimum atomic E-state index is -4.07. The fourth-order valence-electron chi connectivity index (χ4n) is 1.86. The van der Waals surface area contributed by atoms with Crippen LogP contribution in [0.2, 0.25) is 0 Å². The topological polar surface area (TPSA) is 80.7 Å². The molecule has 0 saturated carbocycles. The second-order valence-corrected chi connectivity index (χ2v) is 6.15. The van der Waals surface area contributed by atoms with Crippen molar-refractivity contribution >= 4 is 16.1 Å². The molecule has 2 rings (SSSR count). The normalized spacial score (nSPS) is 11.1. The fraction of sp³-hybridized carbons (Fsp3) is 0.133. The molecule has 0 radical (unpaired) electrons. The van der Waals surface area contributed by atoms with E-state index in [0.717, 1.165) is 5.56 Å². The highest BCUT2D eigenvalue weighted by Crippen LogP contribution is 2.25. The van der Waals surface area contributed by atoms with E-state index >= 15 is 0 Å². The van der Waals surface area contributed by atoms with Gasteiger partial charge in [-0.1, -0.05) is 29.8 Å². The Kier molecular flexibility index (Phi) is 3.99. The van der Waals surface area contributed by atoms with E-state index in [4.69, 9.17) is 4.18 Å². The van der Waals surface area contributed by atoms with Crippen LogP contribution in [0.3, 0.4) is 0 Å². The van der Waals surface area contributed by atoms with Gasteiger partial charge in [0.25, 0.3) is 0 Å². The Bertz CT molecular complexity index is 776. The fourth-order valence-corrected chi connectivity index (χ4v) is 2.80. The van der Waals surface area contributed by atoms with E-state index < -0.39 is 16.1 Å². The molecule has 0 saturated heterocycles. The van der Waals surface area contributed by atoms with Crippen molar-refractivity contribution in [3.05, 3.63) is 59.2 Å². The Morgan fingerprint density at radius 2 is 1.67 bits per heavy atom. The molecule has 2 aromatic carbocycles. The van der Waals surface area contributed by atoms with Gasteiger partial charge in [-0.15, -0.1) is 0 Å². The van der Waals surface area contributed by atoms with Gasteiger partial charge in [0, 0.05) is 0 Å². The Balaban J connectivity index is 2.44. The summed E-state index contributed by atoms with van der Waals surface area (Å²) in [5.41, 5.74) is 1.18. The molecule has 0 amide bonds. The molecular weight excluding hydrogens is 292 g/mol. The molecule has 21 heavy (non-hydrogen) atoms. The summed E-state index contributed by atoms with van der Waals surface area (Å²) in [5.74, 6) is -1.43. The first-order valence-corrected chi connectivity index (χ1v) is 7.56. The Morgan fingerprint density at radius 3 is 2.24 bits per heavy atom. The second-order valence-electron chi connectivity index (χ2n) is 4.60. The number of aryl methyl sites for hydroxylation is 2. The molecule has 0 atom stereocenters. The average molecular weight is 306 g/mol. The zero-order valence-corrected chi connectivity index (χ0v) is 12.3. The van der Waals surface area contributed by atoms with Gasteiger partial charge in [-0.25, -0.2) is 4.79 Å². The predicted octanol–water partition coefficient (Wildman–Crippen LogP) is 2.77. The SMILES string of the molecule is Cc1ccc(S(=O)(=O)Oc2cccc(C)c2C(=O)O)cc1. The molecule has 6 heteroatoms. The van der Waals surface area contributed by atoms with Crippen LogP contribution in [-0.4, -0.2) is 19.5 Å². The molecule has 0 bridgehead atoms. The molecule has 1 N–H and O–H groups in total. The van der Waals surface area contributed by atoms with Crippen molar-refractivity contribution < 1.29 is 22.5 Å². The van der Waals surface area contributed by atoms with Gasteiger partial charge in [-0.3, -0.25) is 0 Å². The number of hydrogen-bond donors (Lipinski definition) is 1. The number of carboxylic acids is 1. The van der Waals surface area contributed by atoms with Crippen LogP contribution in [0.15, 0.2) is 47.4 Å². The number of carbonyl (C=O) groups is 1. The van der Waals surface area contributed by atoms with Crippen LogP contribution in [0.1, 0.15) is 21.5 Å². The molecule has 0 fully saturated rings. The predicted molar refractivity (Wildman–Crippen MR) is 77.1 cm³/mol. The minimum absolute atomic E-state index is 0.0223. The van der Waals surface area contributed by atoms with Crippen molar-refractivity contribution in [3.63, 3.8) is 0 Å². The van der Waals surface area contributed by atoms with Crippen molar-refractivity contribution in [2.75, 3.05) is 0 Å². The van der Waals surface area contributed by atoms with Gasteiger partial charge >= 0.3 is 16.1 Å². The summed E-state index contributed by atoms with van der Waals surface area (Å²) >= 11 is 0. The lowest BCUT2D eigenvalue weighted by molar-refractivity contribution is 0.0694. The van der Waals surface area contributed by atoms with Crippen molar-refractivity contribution in [2.45, 2.75) is 18.7 Å². The maximum absolute atomic E-state index is 12.2. The molecular formula is C15H14O5S.